The summed E-state index contributed by atoms with van der Waals surface area (Å²) in [6.07, 6.45) is -0.845. The lowest BCUT2D eigenvalue weighted by Crippen LogP contribution is -2.37. The Balaban J connectivity index is 2.28. The number of anilines is 1. The number of carboxylic acids is 1. The van der Waals surface area contributed by atoms with Crippen LogP contribution >= 0.6 is 23.2 Å². The summed E-state index contributed by atoms with van der Waals surface area (Å²) in [4.78, 5) is 24.4. The minimum absolute atomic E-state index is 0.101. The summed E-state index contributed by atoms with van der Waals surface area (Å²) in [6, 6.07) is 11.3. The number of rotatable bonds is 4. The predicted molar refractivity (Wildman–Crippen MR) is 88.6 cm³/mol. The molecular formula is C16H13Cl2NO4. The van der Waals surface area contributed by atoms with Crippen molar-refractivity contribution in [2.24, 2.45) is 0 Å². The van der Waals surface area contributed by atoms with E-state index in [9.17, 15) is 9.59 Å². The van der Waals surface area contributed by atoms with E-state index >= 15 is 0 Å². The highest BCUT2D eigenvalue weighted by Crippen LogP contribution is 2.28. The Morgan fingerprint density at radius 3 is 2.52 bits per heavy atom. The van der Waals surface area contributed by atoms with Crippen molar-refractivity contribution in [3.05, 3.63) is 58.1 Å². The molecule has 0 aliphatic rings. The molecule has 1 N–H and O–H groups in total. The van der Waals surface area contributed by atoms with Crippen LogP contribution in [0.2, 0.25) is 10.0 Å². The van der Waals surface area contributed by atoms with Crippen molar-refractivity contribution >= 4 is 41.0 Å². The molecule has 2 aromatic rings. The minimum Gasteiger partial charge on any atom is -0.480 e. The van der Waals surface area contributed by atoms with Gasteiger partial charge in [0.2, 0.25) is 0 Å². The van der Waals surface area contributed by atoms with E-state index in [4.69, 9.17) is 33.0 Å². The van der Waals surface area contributed by atoms with Crippen molar-refractivity contribution in [3.63, 3.8) is 0 Å². The van der Waals surface area contributed by atoms with Gasteiger partial charge in [-0.15, -0.1) is 0 Å². The third kappa shape index (κ3) is 4.61. The second-order valence-electron chi connectivity index (χ2n) is 4.76. The van der Waals surface area contributed by atoms with Gasteiger partial charge in [-0.2, -0.15) is 0 Å². The lowest BCUT2D eigenvalue weighted by atomic mass is 10.2. The number of benzene rings is 2. The van der Waals surface area contributed by atoms with Gasteiger partial charge < -0.3 is 9.84 Å². The highest BCUT2D eigenvalue weighted by molar-refractivity contribution is 6.35. The topological polar surface area (TPSA) is 66.8 Å². The smallest absolute Gasteiger partial charge is 0.420 e. The molecule has 23 heavy (non-hydrogen) atoms. The second-order valence-corrected chi connectivity index (χ2v) is 5.61. The van der Waals surface area contributed by atoms with Crippen molar-refractivity contribution in [1.82, 2.24) is 0 Å². The van der Waals surface area contributed by atoms with E-state index in [1.54, 1.807) is 18.2 Å². The Morgan fingerprint density at radius 2 is 1.91 bits per heavy atom. The summed E-state index contributed by atoms with van der Waals surface area (Å²) in [5.74, 6) is -1.06. The second kappa shape index (κ2) is 7.35. The highest BCUT2D eigenvalue weighted by atomic mass is 35.5. The van der Waals surface area contributed by atoms with E-state index in [2.05, 4.69) is 0 Å². The van der Waals surface area contributed by atoms with Crippen molar-refractivity contribution in [2.75, 3.05) is 11.4 Å². The van der Waals surface area contributed by atoms with Gasteiger partial charge in [0.15, 0.2) is 5.75 Å². The molecule has 7 heteroatoms. The maximum atomic E-state index is 12.3. The van der Waals surface area contributed by atoms with Crippen LogP contribution in [0.25, 0.3) is 0 Å². The quantitative estimate of drug-likeness (QED) is 0.884. The molecule has 0 unspecified atom stereocenters. The maximum Gasteiger partial charge on any atom is 0.420 e. The summed E-state index contributed by atoms with van der Waals surface area (Å²) >= 11 is 11.7. The van der Waals surface area contributed by atoms with Crippen LogP contribution in [0.15, 0.2) is 42.5 Å². The van der Waals surface area contributed by atoms with E-state index in [-0.39, 0.29) is 10.8 Å². The van der Waals surface area contributed by atoms with Gasteiger partial charge in [0.25, 0.3) is 0 Å². The van der Waals surface area contributed by atoms with Crippen molar-refractivity contribution in [3.8, 4) is 5.75 Å². The van der Waals surface area contributed by atoms with Gasteiger partial charge in [-0.3, -0.25) is 9.69 Å². The first-order valence-corrected chi connectivity index (χ1v) is 7.35. The van der Waals surface area contributed by atoms with Crippen LogP contribution in [0.5, 0.6) is 5.75 Å². The fraction of sp³-hybridized carbons (Fsp3) is 0.125. The van der Waals surface area contributed by atoms with E-state index in [1.165, 1.54) is 18.2 Å². The first-order chi connectivity index (χ1) is 10.9. The number of aryl methyl sites for hydroxylation is 1. The molecule has 120 valence electrons. The lowest BCUT2D eigenvalue weighted by molar-refractivity contribution is -0.135. The monoisotopic (exact) mass is 353 g/mol. The van der Waals surface area contributed by atoms with Crippen LogP contribution in [0.3, 0.4) is 0 Å². The number of hydrogen-bond donors (Lipinski definition) is 1. The maximum absolute atomic E-state index is 12.3. The largest absolute Gasteiger partial charge is 0.480 e. The third-order valence-corrected chi connectivity index (χ3v) is 3.45. The fourth-order valence-corrected chi connectivity index (χ4v) is 2.35. The van der Waals surface area contributed by atoms with Crippen molar-refractivity contribution < 1.29 is 19.4 Å². The molecule has 0 aromatic heterocycles. The summed E-state index contributed by atoms with van der Waals surface area (Å²) in [5.41, 5.74) is 1.30. The number of hydrogen-bond acceptors (Lipinski definition) is 3. The highest BCUT2D eigenvalue weighted by Gasteiger charge is 2.22. The van der Waals surface area contributed by atoms with E-state index in [0.717, 1.165) is 10.5 Å². The summed E-state index contributed by atoms with van der Waals surface area (Å²) in [5, 5.41) is 9.58. The SMILES string of the molecule is Cc1cccc(N(CC(=O)O)C(=O)Oc2ccc(Cl)cc2Cl)c1. The van der Waals surface area contributed by atoms with E-state index in [1.807, 2.05) is 13.0 Å². The lowest BCUT2D eigenvalue weighted by Gasteiger charge is -2.21. The molecule has 0 bridgehead atoms. The van der Waals surface area contributed by atoms with Gasteiger partial charge >= 0.3 is 12.1 Å². The summed E-state index contributed by atoms with van der Waals surface area (Å²) in [6.45, 7) is 1.30. The van der Waals surface area contributed by atoms with Gasteiger partial charge in [0.1, 0.15) is 6.54 Å². The zero-order valence-electron chi connectivity index (χ0n) is 12.1. The molecule has 0 aliphatic heterocycles. The molecule has 0 saturated carbocycles. The number of aliphatic carboxylic acids is 1. The molecule has 0 heterocycles. The molecule has 5 nitrogen and oxygen atoms in total. The zero-order chi connectivity index (χ0) is 17.0. The number of ether oxygens (including phenoxy) is 1. The van der Waals surface area contributed by atoms with Gasteiger partial charge in [-0.25, -0.2) is 4.79 Å². The van der Waals surface area contributed by atoms with Gasteiger partial charge in [-0.1, -0.05) is 35.3 Å². The van der Waals surface area contributed by atoms with Crippen LogP contribution in [0.4, 0.5) is 10.5 Å². The molecule has 1 amide bonds. The van der Waals surface area contributed by atoms with Crippen molar-refractivity contribution in [1.29, 1.82) is 0 Å². The molecule has 0 spiro atoms. The Kier molecular flexibility index (Phi) is 5.47. The number of halogens is 2. The molecule has 0 aliphatic carbocycles. The summed E-state index contributed by atoms with van der Waals surface area (Å²) in [7, 11) is 0. The van der Waals surface area contributed by atoms with E-state index < -0.39 is 18.6 Å². The van der Waals surface area contributed by atoms with Gasteiger partial charge in [0, 0.05) is 10.7 Å². The van der Waals surface area contributed by atoms with Crippen LogP contribution in [0, 0.1) is 6.92 Å². The average Bonchev–Trinajstić information content (AvgIpc) is 2.47. The van der Waals surface area contributed by atoms with Crippen molar-refractivity contribution in [2.45, 2.75) is 6.92 Å². The first-order valence-electron chi connectivity index (χ1n) is 6.59. The molecule has 2 aromatic carbocycles. The van der Waals surface area contributed by atoms with Gasteiger partial charge in [-0.05, 0) is 42.8 Å². The standard InChI is InChI=1S/C16H13Cl2NO4/c1-10-3-2-4-12(7-10)19(9-15(20)21)16(22)23-14-6-5-11(17)8-13(14)18/h2-8H,9H2,1H3,(H,20,21). The van der Waals surface area contributed by atoms with Crippen LogP contribution in [-0.4, -0.2) is 23.7 Å². The number of carbonyl (C=O) groups is 2. The zero-order valence-corrected chi connectivity index (χ0v) is 13.6. The Labute approximate surface area is 143 Å². The number of amides is 1. The Bertz CT molecular complexity index is 749. The van der Waals surface area contributed by atoms with Crippen LogP contribution < -0.4 is 9.64 Å². The normalized spacial score (nSPS) is 10.2. The molecule has 0 fully saturated rings. The third-order valence-electron chi connectivity index (χ3n) is 2.92. The summed E-state index contributed by atoms with van der Waals surface area (Å²) < 4.78 is 5.19. The average molecular weight is 354 g/mol. The van der Waals surface area contributed by atoms with Crippen LogP contribution in [-0.2, 0) is 4.79 Å². The van der Waals surface area contributed by atoms with Crippen LogP contribution in [0.1, 0.15) is 5.56 Å². The fourth-order valence-electron chi connectivity index (χ4n) is 1.90. The molecule has 0 radical (unpaired) electrons. The minimum atomic E-state index is -1.16. The molecule has 0 atom stereocenters. The number of carboxylic acid groups (broad SMARTS) is 1. The van der Waals surface area contributed by atoms with Gasteiger partial charge in [0.05, 0.1) is 5.02 Å². The molecule has 2 rings (SSSR count). The van der Waals surface area contributed by atoms with E-state index in [0.29, 0.717) is 10.7 Å². The molecular weight excluding hydrogens is 341 g/mol. The number of nitrogens with zero attached hydrogens (tertiary/aromatic N) is 1. The first kappa shape index (κ1) is 17.1. The molecule has 0 saturated heterocycles. The predicted octanol–water partition coefficient (Wildman–Crippen LogP) is 4.39. The Morgan fingerprint density at radius 1 is 1.17 bits per heavy atom. The number of carbonyl (C=O) groups excluding carboxylic acids is 1. The Hall–Kier alpha value is -2.24.